The molecule has 0 aromatic heterocycles. The van der Waals surface area contributed by atoms with Gasteiger partial charge in [-0.1, -0.05) is 29.8 Å². The number of ether oxygens (including phenoxy) is 3. The number of carbonyl (C=O) groups excluding carboxylic acids is 1. The van der Waals surface area contributed by atoms with Gasteiger partial charge in [-0.3, -0.25) is 0 Å². The lowest BCUT2D eigenvalue weighted by molar-refractivity contribution is -0.0180. The van der Waals surface area contributed by atoms with Crippen molar-refractivity contribution < 1.29 is 19.0 Å². The third-order valence-corrected chi connectivity index (χ3v) is 3.69. The molecule has 2 aromatic carbocycles. The number of esters is 1. The summed E-state index contributed by atoms with van der Waals surface area (Å²) >= 11 is 6.09. The predicted molar refractivity (Wildman–Crippen MR) is 82.0 cm³/mol. The number of aryl methyl sites for hydroxylation is 1. The van der Waals surface area contributed by atoms with E-state index in [4.69, 9.17) is 25.8 Å². The first-order chi connectivity index (χ1) is 10.6. The first kappa shape index (κ1) is 14.9. The van der Waals surface area contributed by atoms with Crippen molar-refractivity contribution in [3.63, 3.8) is 0 Å². The largest absolute Gasteiger partial charge is 0.467 e. The monoisotopic (exact) mass is 318 g/mol. The van der Waals surface area contributed by atoms with E-state index in [-0.39, 0.29) is 19.4 Å². The molecule has 1 aliphatic rings. The van der Waals surface area contributed by atoms with E-state index in [2.05, 4.69) is 0 Å². The quantitative estimate of drug-likeness (QED) is 0.806. The van der Waals surface area contributed by atoms with Crippen LogP contribution in [0.15, 0.2) is 36.4 Å². The molecule has 22 heavy (non-hydrogen) atoms. The molecule has 0 amide bonds. The van der Waals surface area contributed by atoms with Crippen molar-refractivity contribution in [2.24, 2.45) is 0 Å². The van der Waals surface area contributed by atoms with E-state index >= 15 is 0 Å². The molecular weight excluding hydrogens is 304 g/mol. The molecule has 0 N–H and O–H groups in total. The Kier molecular flexibility index (Phi) is 4.32. The highest BCUT2D eigenvalue weighted by molar-refractivity contribution is 6.30. The first-order valence-corrected chi connectivity index (χ1v) is 7.27. The van der Waals surface area contributed by atoms with Crippen LogP contribution in [0.5, 0.6) is 5.75 Å². The lowest BCUT2D eigenvalue weighted by Gasteiger charge is -2.21. The molecule has 0 unspecified atom stereocenters. The Bertz CT molecular complexity index is 712. The van der Waals surface area contributed by atoms with Crippen molar-refractivity contribution in [1.82, 2.24) is 0 Å². The fourth-order valence-electron chi connectivity index (χ4n) is 2.39. The highest BCUT2D eigenvalue weighted by Crippen LogP contribution is 2.32. The number of benzene rings is 2. The van der Waals surface area contributed by atoms with Crippen molar-refractivity contribution in [3.8, 4) is 5.75 Å². The number of rotatable bonds is 3. The van der Waals surface area contributed by atoms with E-state index < -0.39 is 0 Å². The molecule has 0 radical (unpaired) electrons. The molecule has 3 rings (SSSR count). The van der Waals surface area contributed by atoms with Crippen LogP contribution in [0, 0.1) is 6.92 Å². The van der Waals surface area contributed by atoms with Gasteiger partial charge in [0.25, 0.3) is 0 Å². The topological polar surface area (TPSA) is 44.8 Å². The summed E-state index contributed by atoms with van der Waals surface area (Å²) in [7, 11) is 0. The van der Waals surface area contributed by atoms with Crippen molar-refractivity contribution >= 4 is 17.6 Å². The van der Waals surface area contributed by atoms with Crippen LogP contribution in [0.25, 0.3) is 0 Å². The lowest BCUT2D eigenvalue weighted by Crippen LogP contribution is -2.14. The van der Waals surface area contributed by atoms with Crippen LogP contribution in [0.2, 0.25) is 5.02 Å². The Hall–Kier alpha value is -2.04. The average molecular weight is 319 g/mol. The standard InChI is InChI=1S/C17H15ClO4/c1-11-4-2-3-5-15(11)17(19)21-9-13-7-14(18)6-12-8-20-10-22-16(12)13/h2-7H,8-10H2,1H3. The minimum absolute atomic E-state index is 0.107. The van der Waals surface area contributed by atoms with Crippen LogP contribution < -0.4 is 4.74 Å². The summed E-state index contributed by atoms with van der Waals surface area (Å²) in [6.07, 6.45) is 0. The summed E-state index contributed by atoms with van der Waals surface area (Å²) in [6.45, 7) is 2.61. The van der Waals surface area contributed by atoms with Gasteiger partial charge in [0.05, 0.1) is 12.2 Å². The highest BCUT2D eigenvalue weighted by Gasteiger charge is 2.18. The predicted octanol–water partition coefficient (Wildman–Crippen LogP) is 3.87. The van der Waals surface area contributed by atoms with Crippen LogP contribution in [-0.4, -0.2) is 12.8 Å². The second-order valence-electron chi connectivity index (χ2n) is 5.05. The molecule has 2 aromatic rings. The smallest absolute Gasteiger partial charge is 0.338 e. The van der Waals surface area contributed by atoms with Gasteiger partial charge in [-0.25, -0.2) is 4.79 Å². The van der Waals surface area contributed by atoms with Crippen LogP contribution in [0.1, 0.15) is 27.0 Å². The fraction of sp³-hybridized carbons (Fsp3) is 0.235. The van der Waals surface area contributed by atoms with E-state index in [1.165, 1.54) is 0 Å². The molecule has 1 heterocycles. The number of carbonyl (C=O) groups is 1. The molecule has 0 saturated carbocycles. The molecule has 5 heteroatoms. The lowest BCUT2D eigenvalue weighted by atomic mass is 10.1. The molecule has 114 valence electrons. The van der Waals surface area contributed by atoms with Gasteiger partial charge in [0.2, 0.25) is 0 Å². The number of fused-ring (bicyclic) bond motifs is 1. The van der Waals surface area contributed by atoms with E-state index in [1.807, 2.05) is 25.1 Å². The maximum absolute atomic E-state index is 12.2. The normalized spacial score (nSPS) is 13.2. The van der Waals surface area contributed by atoms with Gasteiger partial charge in [0.1, 0.15) is 12.4 Å². The Morgan fingerprint density at radius 3 is 2.95 bits per heavy atom. The molecule has 0 bridgehead atoms. The Balaban J connectivity index is 1.78. The summed E-state index contributed by atoms with van der Waals surface area (Å²) in [5.74, 6) is 0.326. The maximum Gasteiger partial charge on any atom is 0.338 e. The third-order valence-electron chi connectivity index (χ3n) is 3.48. The molecule has 0 fully saturated rings. The second kappa shape index (κ2) is 6.38. The minimum Gasteiger partial charge on any atom is -0.467 e. The zero-order valence-electron chi connectivity index (χ0n) is 12.1. The van der Waals surface area contributed by atoms with Crippen LogP contribution >= 0.6 is 11.6 Å². The maximum atomic E-state index is 12.2. The summed E-state index contributed by atoms with van der Waals surface area (Å²) in [5.41, 5.74) is 3.04. The summed E-state index contributed by atoms with van der Waals surface area (Å²) in [5, 5.41) is 0.565. The van der Waals surface area contributed by atoms with Gasteiger partial charge < -0.3 is 14.2 Å². The Morgan fingerprint density at radius 2 is 2.14 bits per heavy atom. The van der Waals surface area contributed by atoms with Gasteiger partial charge in [0.15, 0.2) is 6.79 Å². The molecule has 1 aliphatic heterocycles. The zero-order valence-corrected chi connectivity index (χ0v) is 12.9. The fourth-order valence-corrected chi connectivity index (χ4v) is 2.65. The average Bonchev–Trinajstić information content (AvgIpc) is 2.52. The van der Waals surface area contributed by atoms with E-state index in [0.29, 0.717) is 22.9 Å². The SMILES string of the molecule is Cc1ccccc1C(=O)OCc1cc(Cl)cc2c1OCOC2. The molecule has 0 saturated heterocycles. The van der Waals surface area contributed by atoms with E-state index in [1.54, 1.807) is 18.2 Å². The van der Waals surface area contributed by atoms with Crippen LogP contribution in [-0.2, 0) is 22.7 Å². The van der Waals surface area contributed by atoms with Gasteiger partial charge in [-0.2, -0.15) is 0 Å². The minimum atomic E-state index is -0.362. The Morgan fingerprint density at radius 1 is 1.32 bits per heavy atom. The van der Waals surface area contributed by atoms with Crippen molar-refractivity contribution in [2.75, 3.05) is 6.79 Å². The van der Waals surface area contributed by atoms with Crippen LogP contribution in [0.4, 0.5) is 0 Å². The van der Waals surface area contributed by atoms with Gasteiger partial charge in [0, 0.05) is 16.1 Å². The molecule has 0 spiro atoms. The third kappa shape index (κ3) is 3.08. The second-order valence-corrected chi connectivity index (χ2v) is 5.49. The first-order valence-electron chi connectivity index (χ1n) is 6.90. The van der Waals surface area contributed by atoms with Gasteiger partial charge in [-0.15, -0.1) is 0 Å². The molecule has 4 nitrogen and oxygen atoms in total. The number of hydrogen-bond donors (Lipinski definition) is 0. The van der Waals surface area contributed by atoms with E-state index in [9.17, 15) is 4.79 Å². The van der Waals surface area contributed by atoms with Crippen molar-refractivity contribution in [2.45, 2.75) is 20.1 Å². The molecule has 0 atom stereocenters. The van der Waals surface area contributed by atoms with Crippen LogP contribution in [0.3, 0.4) is 0 Å². The van der Waals surface area contributed by atoms with Gasteiger partial charge in [-0.05, 0) is 30.7 Å². The number of hydrogen-bond acceptors (Lipinski definition) is 4. The van der Waals surface area contributed by atoms with Gasteiger partial charge >= 0.3 is 5.97 Å². The molecular formula is C17H15ClO4. The van der Waals surface area contributed by atoms with Crippen molar-refractivity contribution in [1.29, 1.82) is 0 Å². The summed E-state index contributed by atoms with van der Waals surface area (Å²) < 4.78 is 16.1. The zero-order chi connectivity index (χ0) is 15.5. The van der Waals surface area contributed by atoms with Crippen molar-refractivity contribution in [3.05, 3.63) is 63.7 Å². The summed E-state index contributed by atoms with van der Waals surface area (Å²) in [4.78, 5) is 12.2. The number of halogens is 1. The summed E-state index contributed by atoms with van der Waals surface area (Å²) in [6, 6.07) is 10.9. The highest BCUT2D eigenvalue weighted by atomic mass is 35.5. The Labute approximate surface area is 133 Å². The van der Waals surface area contributed by atoms with E-state index in [0.717, 1.165) is 16.7 Å². The molecule has 0 aliphatic carbocycles.